The number of carbonyl (C=O) groups is 2. The van der Waals surface area contributed by atoms with E-state index in [1.54, 1.807) is 31.3 Å². The normalized spacial score (nSPS) is 21.4. The Morgan fingerprint density at radius 3 is 2.91 bits per heavy atom. The number of likely N-dealkylation sites (tertiary alicyclic amines) is 1. The SMILES string of the molecule is Cc1nc2ncccc2cc1C(=O)N1CC[C@@H](O)C[C@H]1C(=O)O. The summed E-state index contributed by atoms with van der Waals surface area (Å²) in [7, 11) is 0. The molecule has 2 aromatic rings. The standard InChI is InChI=1S/C16H17N3O4/c1-9-12(7-10-3-2-5-17-14(10)18-9)15(21)19-6-4-11(20)8-13(19)16(22)23/h2-3,5,7,11,13,20H,4,6,8H2,1H3,(H,22,23)/t11-,13+/m1/s1. The van der Waals surface area contributed by atoms with Crippen LogP contribution in [0.5, 0.6) is 0 Å². The van der Waals surface area contributed by atoms with Crippen LogP contribution >= 0.6 is 0 Å². The van der Waals surface area contributed by atoms with Crippen molar-refractivity contribution < 1.29 is 19.8 Å². The maximum Gasteiger partial charge on any atom is 0.326 e. The second-order valence-corrected chi connectivity index (χ2v) is 5.70. The third-order valence-electron chi connectivity index (χ3n) is 4.13. The second-order valence-electron chi connectivity index (χ2n) is 5.70. The number of piperidine rings is 1. The molecular weight excluding hydrogens is 298 g/mol. The first-order chi connectivity index (χ1) is 11.0. The molecule has 2 aromatic heterocycles. The molecule has 0 unspecified atom stereocenters. The summed E-state index contributed by atoms with van der Waals surface area (Å²) in [5.41, 5.74) is 1.43. The maximum atomic E-state index is 12.8. The average Bonchev–Trinajstić information content (AvgIpc) is 2.53. The van der Waals surface area contributed by atoms with Gasteiger partial charge in [-0.05, 0) is 31.5 Å². The number of hydrogen-bond acceptors (Lipinski definition) is 5. The summed E-state index contributed by atoms with van der Waals surface area (Å²) >= 11 is 0. The number of aliphatic hydroxyl groups excluding tert-OH is 1. The van der Waals surface area contributed by atoms with E-state index in [1.807, 2.05) is 0 Å². The number of fused-ring (bicyclic) bond motifs is 1. The number of hydrogen-bond donors (Lipinski definition) is 2. The van der Waals surface area contributed by atoms with Crippen molar-refractivity contribution in [2.75, 3.05) is 6.54 Å². The van der Waals surface area contributed by atoms with Gasteiger partial charge in [0.2, 0.25) is 0 Å². The van der Waals surface area contributed by atoms with E-state index in [9.17, 15) is 19.8 Å². The molecule has 0 aliphatic carbocycles. The van der Waals surface area contributed by atoms with Crippen LogP contribution in [0.2, 0.25) is 0 Å². The van der Waals surface area contributed by atoms with Gasteiger partial charge in [0, 0.05) is 24.5 Å². The van der Waals surface area contributed by atoms with Gasteiger partial charge in [-0.25, -0.2) is 14.8 Å². The Bertz CT molecular complexity index is 777. The second kappa shape index (κ2) is 5.92. The van der Waals surface area contributed by atoms with Gasteiger partial charge in [0.05, 0.1) is 17.4 Å². The largest absolute Gasteiger partial charge is 0.480 e. The predicted octanol–water partition coefficient (Wildman–Crippen LogP) is 0.988. The first-order valence-corrected chi connectivity index (χ1v) is 7.41. The van der Waals surface area contributed by atoms with E-state index in [1.165, 1.54) is 4.90 Å². The molecule has 1 fully saturated rings. The first-order valence-electron chi connectivity index (χ1n) is 7.41. The zero-order valence-corrected chi connectivity index (χ0v) is 12.6. The number of amides is 1. The highest BCUT2D eigenvalue weighted by Crippen LogP contribution is 2.23. The minimum absolute atomic E-state index is 0.0443. The zero-order valence-electron chi connectivity index (χ0n) is 12.6. The van der Waals surface area contributed by atoms with E-state index in [0.717, 1.165) is 5.39 Å². The van der Waals surface area contributed by atoms with Gasteiger partial charge < -0.3 is 15.1 Å². The molecule has 0 aromatic carbocycles. The molecule has 0 radical (unpaired) electrons. The van der Waals surface area contributed by atoms with E-state index in [4.69, 9.17) is 0 Å². The summed E-state index contributed by atoms with van der Waals surface area (Å²) in [6, 6.07) is 4.23. The molecule has 7 nitrogen and oxygen atoms in total. The van der Waals surface area contributed by atoms with Crippen LogP contribution in [0, 0.1) is 6.92 Å². The smallest absolute Gasteiger partial charge is 0.326 e. The Labute approximate surface area is 132 Å². The van der Waals surface area contributed by atoms with Crippen molar-refractivity contribution in [1.29, 1.82) is 0 Å². The summed E-state index contributed by atoms with van der Waals surface area (Å²) in [6.45, 7) is 1.91. The predicted molar refractivity (Wildman–Crippen MR) is 82.0 cm³/mol. The third kappa shape index (κ3) is 2.87. The lowest BCUT2D eigenvalue weighted by Crippen LogP contribution is -2.51. The van der Waals surface area contributed by atoms with Gasteiger partial charge in [-0.1, -0.05) is 0 Å². The number of pyridine rings is 2. The maximum absolute atomic E-state index is 12.8. The lowest BCUT2D eigenvalue weighted by molar-refractivity contribution is -0.145. The van der Waals surface area contributed by atoms with Crippen LogP contribution in [0.4, 0.5) is 0 Å². The lowest BCUT2D eigenvalue weighted by Gasteiger charge is -2.35. The van der Waals surface area contributed by atoms with Crippen LogP contribution in [-0.4, -0.2) is 55.6 Å². The number of nitrogens with zero attached hydrogens (tertiary/aromatic N) is 3. The van der Waals surface area contributed by atoms with Gasteiger partial charge in [0.1, 0.15) is 6.04 Å². The van der Waals surface area contributed by atoms with Gasteiger partial charge in [0.25, 0.3) is 5.91 Å². The molecule has 1 aliphatic heterocycles. The van der Waals surface area contributed by atoms with E-state index < -0.39 is 18.1 Å². The highest BCUT2D eigenvalue weighted by atomic mass is 16.4. The summed E-state index contributed by atoms with van der Waals surface area (Å²) < 4.78 is 0. The molecule has 3 heterocycles. The molecule has 1 aliphatic rings. The van der Waals surface area contributed by atoms with Crippen molar-refractivity contribution in [2.24, 2.45) is 0 Å². The van der Waals surface area contributed by atoms with Gasteiger partial charge in [-0.2, -0.15) is 0 Å². The molecule has 1 saturated heterocycles. The topological polar surface area (TPSA) is 104 Å². The van der Waals surface area contributed by atoms with E-state index in [0.29, 0.717) is 23.3 Å². The van der Waals surface area contributed by atoms with Crippen molar-refractivity contribution in [3.8, 4) is 0 Å². The number of carboxylic acids is 1. The number of carboxylic acid groups (broad SMARTS) is 1. The van der Waals surface area contributed by atoms with Gasteiger partial charge in [-0.3, -0.25) is 4.79 Å². The van der Waals surface area contributed by atoms with Crippen molar-refractivity contribution in [3.63, 3.8) is 0 Å². The van der Waals surface area contributed by atoms with E-state index >= 15 is 0 Å². The fourth-order valence-corrected chi connectivity index (χ4v) is 2.89. The third-order valence-corrected chi connectivity index (χ3v) is 4.13. The number of carbonyl (C=O) groups excluding carboxylic acids is 1. The molecule has 0 saturated carbocycles. The Morgan fingerprint density at radius 1 is 1.39 bits per heavy atom. The van der Waals surface area contributed by atoms with Gasteiger partial charge >= 0.3 is 5.97 Å². The fourth-order valence-electron chi connectivity index (χ4n) is 2.89. The molecule has 1 amide bonds. The number of aromatic nitrogens is 2. The van der Waals surface area contributed by atoms with Crippen molar-refractivity contribution >= 4 is 22.9 Å². The fraction of sp³-hybridized carbons (Fsp3) is 0.375. The number of rotatable bonds is 2. The van der Waals surface area contributed by atoms with Crippen LogP contribution in [0.25, 0.3) is 11.0 Å². The molecular formula is C16H17N3O4. The highest BCUT2D eigenvalue weighted by Gasteiger charge is 2.36. The molecule has 0 spiro atoms. The van der Waals surface area contributed by atoms with Crippen LogP contribution in [0.15, 0.2) is 24.4 Å². The Kier molecular flexibility index (Phi) is 3.96. The highest BCUT2D eigenvalue weighted by molar-refractivity contribution is 6.00. The molecule has 0 bridgehead atoms. The minimum atomic E-state index is -1.11. The Morgan fingerprint density at radius 2 is 2.17 bits per heavy atom. The number of aliphatic hydroxyl groups is 1. The molecule has 120 valence electrons. The van der Waals surface area contributed by atoms with E-state index in [2.05, 4.69) is 9.97 Å². The quantitative estimate of drug-likeness (QED) is 0.856. The molecule has 3 rings (SSSR count). The van der Waals surface area contributed by atoms with Crippen LogP contribution < -0.4 is 0 Å². The molecule has 23 heavy (non-hydrogen) atoms. The Balaban J connectivity index is 1.98. The molecule has 2 N–H and O–H groups in total. The first kappa shape index (κ1) is 15.4. The Hall–Kier alpha value is -2.54. The van der Waals surface area contributed by atoms with Gasteiger partial charge in [0.15, 0.2) is 5.65 Å². The summed E-state index contributed by atoms with van der Waals surface area (Å²) in [5, 5.41) is 19.7. The lowest BCUT2D eigenvalue weighted by atomic mass is 9.98. The zero-order chi connectivity index (χ0) is 16.6. The minimum Gasteiger partial charge on any atom is -0.480 e. The van der Waals surface area contributed by atoms with Crippen LogP contribution in [-0.2, 0) is 4.79 Å². The molecule has 7 heteroatoms. The summed E-state index contributed by atoms with van der Waals surface area (Å²) in [6.07, 6.45) is 1.35. The number of aliphatic carboxylic acids is 1. The van der Waals surface area contributed by atoms with Gasteiger partial charge in [-0.15, -0.1) is 0 Å². The summed E-state index contributed by atoms with van der Waals surface area (Å²) in [4.78, 5) is 34.0. The van der Waals surface area contributed by atoms with Crippen LogP contribution in [0.1, 0.15) is 28.9 Å². The van der Waals surface area contributed by atoms with Crippen molar-refractivity contribution in [1.82, 2.24) is 14.9 Å². The van der Waals surface area contributed by atoms with Crippen molar-refractivity contribution in [3.05, 3.63) is 35.7 Å². The summed E-state index contributed by atoms with van der Waals surface area (Å²) in [5.74, 6) is -1.48. The van der Waals surface area contributed by atoms with Crippen LogP contribution in [0.3, 0.4) is 0 Å². The average molecular weight is 315 g/mol. The monoisotopic (exact) mass is 315 g/mol. The number of aryl methyl sites for hydroxylation is 1. The molecule has 2 atom stereocenters. The van der Waals surface area contributed by atoms with Crippen molar-refractivity contribution in [2.45, 2.75) is 31.9 Å². The van der Waals surface area contributed by atoms with E-state index in [-0.39, 0.29) is 18.9 Å².